The molecular weight excluding hydrogens is 412 g/mol. The van der Waals surface area contributed by atoms with Crippen molar-refractivity contribution >= 4 is 18.0 Å². The van der Waals surface area contributed by atoms with E-state index < -0.39 is 30.1 Å². The van der Waals surface area contributed by atoms with Gasteiger partial charge in [-0.1, -0.05) is 55.5 Å². The number of hydrogen-bond donors (Lipinski definition) is 4. The normalized spacial score (nSPS) is 14.1. The molecule has 0 saturated heterocycles. The summed E-state index contributed by atoms with van der Waals surface area (Å²) >= 11 is 0. The third-order valence-electron chi connectivity index (χ3n) is 5.64. The first-order valence-electron chi connectivity index (χ1n) is 10.7. The van der Waals surface area contributed by atoms with Gasteiger partial charge < -0.3 is 25.6 Å². The van der Waals surface area contributed by atoms with Crippen LogP contribution in [0.25, 0.3) is 11.1 Å². The summed E-state index contributed by atoms with van der Waals surface area (Å²) in [6, 6.07) is 14.4. The molecule has 32 heavy (non-hydrogen) atoms. The van der Waals surface area contributed by atoms with E-state index in [1.54, 1.807) is 0 Å². The van der Waals surface area contributed by atoms with Gasteiger partial charge in [0.1, 0.15) is 12.6 Å². The van der Waals surface area contributed by atoms with Crippen molar-refractivity contribution in [3.8, 4) is 11.1 Å². The number of benzene rings is 2. The van der Waals surface area contributed by atoms with Gasteiger partial charge in [0.2, 0.25) is 5.91 Å². The highest BCUT2D eigenvalue weighted by molar-refractivity contribution is 5.84. The van der Waals surface area contributed by atoms with Gasteiger partial charge in [-0.2, -0.15) is 0 Å². The van der Waals surface area contributed by atoms with Crippen molar-refractivity contribution in [3.63, 3.8) is 0 Å². The molecule has 0 saturated carbocycles. The molecule has 0 aliphatic heterocycles. The Bertz CT molecular complexity index is 931. The quantitative estimate of drug-likeness (QED) is 0.450. The van der Waals surface area contributed by atoms with Crippen molar-refractivity contribution in [2.75, 3.05) is 13.2 Å². The van der Waals surface area contributed by atoms with E-state index in [1.807, 2.05) is 43.3 Å². The summed E-state index contributed by atoms with van der Waals surface area (Å²) in [6.45, 7) is 1.62. The van der Waals surface area contributed by atoms with E-state index in [9.17, 15) is 14.4 Å². The van der Waals surface area contributed by atoms with Crippen LogP contribution in [-0.2, 0) is 14.3 Å². The maximum atomic E-state index is 12.4. The van der Waals surface area contributed by atoms with Crippen LogP contribution in [0.4, 0.5) is 4.79 Å². The van der Waals surface area contributed by atoms with Crippen LogP contribution in [0.5, 0.6) is 0 Å². The average Bonchev–Trinajstić information content (AvgIpc) is 3.10. The first-order valence-corrected chi connectivity index (χ1v) is 10.7. The van der Waals surface area contributed by atoms with Crippen molar-refractivity contribution < 1.29 is 29.3 Å². The minimum atomic E-state index is -1.22. The second-order valence-corrected chi connectivity index (χ2v) is 7.75. The summed E-state index contributed by atoms with van der Waals surface area (Å²) in [6.07, 6.45) is -0.334. The van der Waals surface area contributed by atoms with Crippen LogP contribution in [0, 0.1) is 0 Å². The molecule has 1 aliphatic rings. The Morgan fingerprint density at radius 2 is 1.59 bits per heavy atom. The van der Waals surface area contributed by atoms with E-state index in [1.165, 1.54) is 0 Å². The maximum Gasteiger partial charge on any atom is 0.407 e. The number of aliphatic carboxylic acids is 1. The van der Waals surface area contributed by atoms with E-state index in [0.717, 1.165) is 22.3 Å². The van der Waals surface area contributed by atoms with Crippen LogP contribution < -0.4 is 10.6 Å². The molecule has 2 aromatic carbocycles. The zero-order chi connectivity index (χ0) is 23.1. The molecular formula is C24H28N2O6. The van der Waals surface area contributed by atoms with E-state index in [0.29, 0.717) is 6.42 Å². The predicted molar refractivity (Wildman–Crippen MR) is 118 cm³/mol. The largest absolute Gasteiger partial charge is 0.480 e. The lowest BCUT2D eigenvalue weighted by molar-refractivity contribution is -0.142. The molecule has 4 N–H and O–H groups in total. The number of aliphatic hydroxyl groups excluding tert-OH is 1. The van der Waals surface area contributed by atoms with Gasteiger partial charge in [0.15, 0.2) is 0 Å². The molecule has 1 aliphatic carbocycles. The van der Waals surface area contributed by atoms with Gasteiger partial charge in [0.05, 0.1) is 0 Å². The van der Waals surface area contributed by atoms with Crippen LogP contribution in [-0.4, -0.2) is 53.5 Å². The number of aliphatic hydroxyl groups is 1. The molecule has 3 rings (SSSR count). The fraction of sp³-hybridized carbons (Fsp3) is 0.375. The van der Waals surface area contributed by atoms with Gasteiger partial charge in [-0.15, -0.1) is 0 Å². The fourth-order valence-electron chi connectivity index (χ4n) is 3.97. The number of fused-ring (bicyclic) bond motifs is 3. The van der Waals surface area contributed by atoms with Crippen molar-refractivity contribution in [1.29, 1.82) is 0 Å². The highest BCUT2D eigenvalue weighted by Crippen LogP contribution is 2.44. The molecule has 170 valence electrons. The lowest BCUT2D eigenvalue weighted by Crippen LogP contribution is -2.45. The topological polar surface area (TPSA) is 125 Å². The minimum Gasteiger partial charge on any atom is -0.480 e. The number of carbonyl (C=O) groups is 3. The minimum absolute atomic E-state index is 0.0636. The van der Waals surface area contributed by atoms with Crippen molar-refractivity contribution in [3.05, 3.63) is 59.7 Å². The average molecular weight is 440 g/mol. The standard InChI is InChI=1S/C24H28N2O6/c1-2-15(13-22(28)26-21(11-12-27)23(29)30)25-24(31)32-14-20-18-9-5-3-7-16(18)17-8-4-6-10-19(17)20/h3-10,15,20-21,27H,2,11-14H2,1H3,(H,25,31)(H,26,28)(H,29,30)/t15-,21-/m0/s1. The molecule has 2 atom stereocenters. The van der Waals surface area contributed by atoms with Crippen LogP contribution in [0.2, 0.25) is 0 Å². The number of amides is 2. The number of alkyl carbamates (subject to hydrolysis) is 1. The van der Waals surface area contributed by atoms with Crippen LogP contribution in [0.15, 0.2) is 48.5 Å². The summed E-state index contributed by atoms with van der Waals surface area (Å²) in [5.41, 5.74) is 4.49. The van der Waals surface area contributed by atoms with Gasteiger partial charge in [-0.25, -0.2) is 9.59 Å². The monoisotopic (exact) mass is 440 g/mol. The number of ether oxygens (including phenoxy) is 1. The summed E-state index contributed by atoms with van der Waals surface area (Å²) in [5, 5.41) is 23.1. The molecule has 8 heteroatoms. The molecule has 0 bridgehead atoms. The second-order valence-electron chi connectivity index (χ2n) is 7.75. The molecule has 0 radical (unpaired) electrons. The van der Waals surface area contributed by atoms with Gasteiger partial charge in [-0.05, 0) is 28.7 Å². The molecule has 0 fully saturated rings. The third-order valence-corrected chi connectivity index (χ3v) is 5.64. The fourth-order valence-corrected chi connectivity index (χ4v) is 3.97. The zero-order valence-electron chi connectivity index (χ0n) is 17.9. The smallest absolute Gasteiger partial charge is 0.407 e. The lowest BCUT2D eigenvalue weighted by Gasteiger charge is -2.20. The first-order chi connectivity index (χ1) is 15.4. The Kier molecular flexibility index (Phi) is 7.83. The number of hydrogen-bond acceptors (Lipinski definition) is 5. The van der Waals surface area contributed by atoms with Crippen LogP contribution in [0.1, 0.15) is 43.2 Å². The van der Waals surface area contributed by atoms with E-state index in [2.05, 4.69) is 22.8 Å². The van der Waals surface area contributed by atoms with Crippen molar-refractivity contribution in [2.45, 2.75) is 44.2 Å². The summed E-state index contributed by atoms with van der Waals surface area (Å²) in [7, 11) is 0. The predicted octanol–water partition coefficient (Wildman–Crippen LogP) is 2.65. The summed E-state index contributed by atoms with van der Waals surface area (Å²) < 4.78 is 5.50. The number of nitrogens with one attached hydrogen (secondary N) is 2. The Hall–Kier alpha value is -3.39. The highest BCUT2D eigenvalue weighted by Gasteiger charge is 2.29. The number of carboxylic acid groups (broad SMARTS) is 1. The lowest BCUT2D eigenvalue weighted by atomic mass is 9.98. The molecule has 8 nitrogen and oxygen atoms in total. The summed E-state index contributed by atoms with van der Waals surface area (Å²) in [5.74, 6) is -1.80. The number of carbonyl (C=O) groups excluding carboxylic acids is 2. The zero-order valence-corrected chi connectivity index (χ0v) is 17.9. The van der Waals surface area contributed by atoms with Gasteiger partial charge >= 0.3 is 12.1 Å². The second kappa shape index (κ2) is 10.8. The van der Waals surface area contributed by atoms with Gasteiger partial charge in [-0.3, -0.25) is 4.79 Å². The van der Waals surface area contributed by atoms with Crippen LogP contribution in [0.3, 0.4) is 0 Å². The Balaban J connectivity index is 1.56. The van der Waals surface area contributed by atoms with E-state index in [4.69, 9.17) is 14.9 Å². The Labute approximate surface area is 186 Å². The van der Waals surface area contributed by atoms with E-state index >= 15 is 0 Å². The molecule has 2 amide bonds. The molecule has 2 aromatic rings. The Morgan fingerprint density at radius 3 is 2.12 bits per heavy atom. The molecule has 0 spiro atoms. The SMILES string of the molecule is CC[C@@H](CC(=O)N[C@@H](CCO)C(=O)O)NC(=O)OCC1c2ccccc2-c2ccccc21. The van der Waals surface area contributed by atoms with Crippen molar-refractivity contribution in [2.24, 2.45) is 0 Å². The van der Waals surface area contributed by atoms with Crippen LogP contribution >= 0.6 is 0 Å². The Morgan fingerprint density at radius 1 is 1.00 bits per heavy atom. The van der Waals surface area contributed by atoms with Crippen molar-refractivity contribution in [1.82, 2.24) is 10.6 Å². The number of carboxylic acids is 1. The molecule has 0 heterocycles. The first kappa shape index (κ1) is 23.3. The highest BCUT2D eigenvalue weighted by atomic mass is 16.5. The van der Waals surface area contributed by atoms with E-state index in [-0.39, 0.29) is 32.0 Å². The number of rotatable bonds is 10. The van der Waals surface area contributed by atoms with Gasteiger partial charge in [0.25, 0.3) is 0 Å². The molecule has 0 unspecified atom stereocenters. The maximum absolute atomic E-state index is 12.4. The molecule has 0 aromatic heterocycles. The summed E-state index contributed by atoms with van der Waals surface area (Å²) in [4.78, 5) is 35.7. The van der Waals surface area contributed by atoms with Gasteiger partial charge in [0, 0.05) is 31.4 Å². The third kappa shape index (κ3) is 5.45.